The minimum Gasteiger partial charge on any atom is -0.452 e. The van der Waals surface area contributed by atoms with Crippen LogP contribution in [0.25, 0.3) is 11.0 Å². The van der Waals surface area contributed by atoms with Crippen molar-refractivity contribution in [2.75, 3.05) is 0 Å². The third kappa shape index (κ3) is 2.25. The Morgan fingerprint density at radius 1 is 1.37 bits per heavy atom. The molecule has 1 aromatic carbocycles. The summed E-state index contributed by atoms with van der Waals surface area (Å²) in [5, 5.41) is 10.6. The summed E-state index contributed by atoms with van der Waals surface area (Å²) in [6.45, 7) is 1.29. The highest BCUT2D eigenvalue weighted by molar-refractivity contribution is 6.35. The number of hydrogen-bond donors (Lipinski definition) is 1. The van der Waals surface area contributed by atoms with Gasteiger partial charge in [-0.05, 0) is 19.1 Å². The van der Waals surface area contributed by atoms with E-state index >= 15 is 0 Å². The summed E-state index contributed by atoms with van der Waals surface area (Å²) >= 11 is 5.69. The average molecular weight is 296 g/mol. The summed E-state index contributed by atoms with van der Waals surface area (Å²) in [6.07, 6.45) is -4.90. The molecule has 0 fully saturated rings. The van der Waals surface area contributed by atoms with Crippen LogP contribution >= 0.6 is 11.6 Å². The van der Waals surface area contributed by atoms with E-state index in [2.05, 4.69) is 5.16 Å². The van der Waals surface area contributed by atoms with E-state index in [1.807, 2.05) is 0 Å². The zero-order chi connectivity index (χ0) is 14.4. The molecule has 0 bridgehead atoms. The fourth-order valence-corrected chi connectivity index (χ4v) is 1.94. The molecule has 1 aromatic heterocycles. The van der Waals surface area contributed by atoms with Gasteiger partial charge in [0.05, 0.1) is 5.02 Å². The molecule has 0 aliphatic heterocycles. The van der Waals surface area contributed by atoms with E-state index in [-0.39, 0.29) is 21.6 Å². The highest BCUT2D eigenvalue weighted by atomic mass is 35.5. The van der Waals surface area contributed by atoms with Crippen LogP contribution in [0, 0.1) is 12.7 Å². The van der Waals surface area contributed by atoms with Crippen LogP contribution in [-0.2, 0) is 0 Å². The Morgan fingerprint density at radius 3 is 2.53 bits per heavy atom. The second-order valence-corrected chi connectivity index (χ2v) is 4.17. The molecule has 19 heavy (non-hydrogen) atoms. The van der Waals surface area contributed by atoms with Crippen molar-refractivity contribution < 1.29 is 27.2 Å². The molecule has 2 aromatic rings. The van der Waals surface area contributed by atoms with E-state index in [0.717, 1.165) is 12.1 Å². The molecular formula is C11H6ClF4NO2. The van der Waals surface area contributed by atoms with Gasteiger partial charge >= 0.3 is 6.18 Å². The SMILES string of the molecule is Cc1c(/C(=N\O)C(F)(F)F)oc2c(Cl)cc(F)cc12. The van der Waals surface area contributed by atoms with Gasteiger partial charge in [-0.15, -0.1) is 0 Å². The van der Waals surface area contributed by atoms with Crippen LogP contribution in [0.15, 0.2) is 21.7 Å². The molecule has 0 amide bonds. The average Bonchev–Trinajstić information content (AvgIpc) is 2.57. The number of alkyl halides is 3. The number of benzene rings is 1. The Labute approximate surface area is 109 Å². The maximum absolute atomic E-state index is 13.2. The van der Waals surface area contributed by atoms with E-state index in [4.69, 9.17) is 21.2 Å². The van der Waals surface area contributed by atoms with Crippen molar-refractivity contribution >= 4 is 28.3 Å². The van der Waals surface area contributed by atoms with Crippen molar-refractivity contribution in [1.82, 2.24) is 0 Å². The maximum atomic E-state index is 13.2. The van der Waals surface area contributed by atoms with Gasteiger partial charge in [0.1, 0.15) is 5.82 Å². The first-order valence-electron chi connectivity index (χ1n) is 4.93. The number of rotatable bonds is 1. The Bertz CT molecular complexity index is 675. The first-order valence-corrected chi connectivity index (χ1v) is 5.31. The van der Waals surface area contributed by atoms with Gasteiger partial charge in [0.2, 0.25) is 5.71 Å². The molecule has 0 spiro atoms. The van der Waals surface area contributed by atoms with Crippen LogP contribution < -0.4 is 0 Å². The maximum Gasteiger partial charge on any atom is 0.440 e. The second-order valence-electron chi connectivity index (χ2n) is 3.77. The van der Waals surface area contributed by atoms with Gasteiger partial charge in [-0.1, -0.05) is 16.8 Å². The van der Waals surface area contributed by atoms with Crippen LogP contribution in [0.1, 0.15) is 11.3 Å². The topological polar surface area (TPSA) is 45.7 Å². The molecule has 0 atom stereocenters. The second kappa shape index (κ2) is 4.41. The normalized spacial score (nSPS) is 13.3. The summed E-state index contributed by atoms with van der Waals surface area (Å²) in [6, 6.07) is 1.91. The number of aryl methyl sites for hydroxylation is 1. The zero-order valence-electron chi connectivity index (χ0n) is 9.35. The van der Waals surface area contributed by atoms with E-state index < -0.39 is 23.5 Å². The minimum atomic E-state index is -4.90. The molecule has 1 heterocycles. The quantitative estimate of drug-likeness (QED) is 0.369. The van der Waals surface area contributed by atoms with Crippen LogP contribution in [0.4, 0.5) is 17.6 Å². The van der Waals surface area contributed by atoms with Gasteiger partial charge in [0, 0.05) is 10.9 Å². The summed E-state index contributed by atoms with van der Waals surface area (Å²) in [7, 11) is 0. The third-order valence-corrected chi connectivity index (χ3v) is 2.82. The number of fused-ring (bicyclic) bond motifs is 1. The number of halogens is 5. The van der Waals surface area contributed by atoms with Crippen LogP contribution in [0.5, 0.6) is 0 Å². The van der Waals surface area contributed by atoms with Crippen molar-refractivity contribution in [3.05, 3.63) is 34.3 Å². The van der Waals surface area contributed by atoms with E-state index in [1.54, 1.807) is 0 Å². The lowest BCUT2D eigenvalue weighted by Crippen LogP contribution is -2.24. The van der Waals surface area contributed by atoms with Crippen molar-refractivity contribution in [2.24, 2.45) is 5.16 Å². The van der Waals surface area contributed by atoms with E-state index in [9.17, 15) is 17.6 Å². The Balaban J connectivity index is 2.77. The fourth-order valence-electron chi connectivity index (χ4n) is 1.70. The molecule has 0 saturated heterocycles. The van der Waals surface area contributed by atoms with Gasteiger partial charge in [-0.2, -0.15) is 13.2 Å². The van der Waals surface area contributed by atoms with Crippen LogP contribution in [-0.4, -0.2) is 17.1 Å². The van der Waals surface area contributed by atoms with Gasteiger partial charge in [0.25, 0.3) is 0 Å². The number of oxime groups is 1. The molecule has 8 heteroatoms. The Morgan fingerprint density at radius 2 is 2.00 bits per heavy atom. The molecule has 102 valence electrons. The van der Waals surface area contributed by atoms with Crippen molar-refractivity contribution in [2.45, 2.75) is 13.1 Å². The standard InChI is InChI=1S/C11H6ClF4NO2/c1-4-6-2-5(13)3-7(12)9(6)19-8(4)10(17-18)11(14,15)16/h2-3,18H,1H3/b17-10+. The van der Waals surface area contributed by atoms with Crippen LogP contribution in [0.2, 0.25) is 5.02 Å². The molecule has 0 radical (unpaired) electrons. The largest absolute Gasteiger partial charge is 0.452 e. The lowest BCUT2D eigenvalue weighted by molar-refractivity contribution is -0.0609. The smallest absolute Gasteiger partial charge is 0.440 e. The predicted octanol–water partition coefficient (Wildman–Crippen LogP) is 4.27. The fraction of sp³-hybridized carbons (Fsp3) is 0.182. The predicted molar refractivity (Wildman–Crippen MR) is 60.3 cm³/mol. The lowest BCUT2D eigenvalue weighted by Gasteiger charge is -2.06. The van der Waals surface area contributed by atoms with Gasteiger partial charge < -0.3 is 9.62 Å². The molecule has 1 N–H and O–H groups in total. The minimum absolute atomic E-state index is 0.0125. The molecule has 0 saturated carbocycles. The van der Waals surface area contributed by atoms with Gasteiger partial charge in [0.15, 0.2) is 11.3 Å². The molecule has 3 nitrogen and oxygen atoms in total. The van der Waals surface area contributed by atoms with E-state index in [1.165, 1.54) is 6.92 Å². The first-order chi connectivity index (χ1) is 8.75. The third-order valence-electron chi connectivity index (χ3n) is 2.54. The van der Waals surface area contributed by atoms with Crippen LogP contribution in [0.3, 0.4) is 0 Å². The number of furan rings is 1. The molecule has 0 aliphatic carbocycles. The van der Waals surface area contributed by atoms with E-state index in [0.29, 0.717) is 0 Å². The number of hydrogen-bond acceptors (Lipinski definition) is 3. The highest BCUT2D eigenvalue weighted by Crippen LogP contribution is 2.35. The van der Waals surface area contributed by atoms with Crippen molar-refractivity contribution in [1.29, 1.82) is 0 Å². The lowest BCUT2D eigenvalue weighted by atomic mass is 10.1. The number of nitrogens with zero attached hydrogens (tertiary/aromatic N) is 1. The Hall–Kier alpha value is -1.76. The Kier molecular flexibility index (Phi) is 3.17. The van der Waals surface area contributed by atoms with Crippen molar-refractivity contribution in [3.8, 4) is 0 Å². The van der Waals surface area contributed by atoms with Gasteiger partial charge in [-0.25, -0.2) is 4.39 Å². The summed E-state index contributed by atoms with van der Waals surface area (Å²) in [5.41, 5.74) is -1.71. The summed E-state index contributed by atoms with van der Waals surface area (Å²) in [5.74, 6) is -1.40. The van der Waals surface area contributed by atoms with Gasteiger partial charge in [-0.3, -0.25) is 0 Å². The van der Waals surface area contributed by atoms with Crippen molar-refractivity contribution in [3.63, 3.8) is 0 Å². The molecular weight excluding hydrogens is 290 g/mol. The molecule has 2 rings (SSSR count). The summed E-state index contributed by atoms with van der Waals surface area (Å²) in [4.78, 5) is 0. The molecule has 0 unspecified atom stereocenters. The molecule has 0 aliphatic rings. The summed E-state index contributed by atoms with van der Waals surface area (Å²) < 4.78 is 56.0. The zero-order valence-corrected chi connectivity index (χ0v) is 10.1. The first kappa shape index (κ1) is 13.7. The monoisotopic (exact) mass is 295 g/mol. The highest BCUT2D eigenvalue weighted by Gasteiger charge is 2.41.